The summed E-state index contributed by atoms with van der Waals surface area (Å²) in [5.41, 5.74) is 3.47. The minimum Gasteiger partial charge on any atom is -0.304 e. The maximum absolute atomic E-state index is 4.59. The second-order valence-electron chi connectivity index (χ2n) is 4.75. The summed E-state index contributed by atoms with van der Waals surface area (Å²) in [6, 6.07) is 14.7. The highest BCUT2D eigenvalue weighted by molar-refractivity contribution is 7.07. The lowest BCUT2D eigenvalue weighted by Crippen LogP contribution is -2.18. The lowest BCUT2D eigenvalue weighted by Gasteiger charge is -2.10. The van der Waals surface area contributed by atoms with E-state index in [2.05, 4.69) is 52.4 Å². The average Bonchev–Trinajstić information content (AvgIpc) is 3.17. The number of rotatable bonds is 5. The van der Waals surface area contributed by atoms with Gasteiger partial charge in [0.25, 0.3) is 0 Å². The number of nitrogens with one attached hydrogen (secondary N) is 1. The van der Waals surface area contributed by atoms with E-state index in [0.29, 0.717) is 6.04 Å². The van der Waals surface area contributed by atoms with E-state index < -0.39 is 0 Å². The minimum atomic E-state index is 0.350. The molecule has 0 fully saturated rings. The highest BCUT2D eigenvalue weighted by Crippen LogP contribution is 2.16. The van der Waals surface area contributed by atoms with Gasteiger partial charge in [0.15, 0.2) is 0 Å². The first-order valence-electron chi connectivity index (χ1n) is 6.68. The third-order valence-corrected chi connectivity index (χ3v) is 4.00. The Labute approximate surface area is 122 Å². The molecule has 1 atom stereocenters. The molecule has 0 saturated heterocycles. The SMILES string of the molecule is CC(NCc1ccn(-c2ccccc2)n1)c1ccsc1. The van der Waals surface area contributed by atoms with E-state index in [-0.39, 0.29) is 0 Å². The molecule has 20 heavy (non-hydrogen) atoms. The van der Waals surface area contributed by atoms with Crippen molar-refractivity contribution in [3.8, 4) is 5.69 Å². The van der Waals surface area contributed by atoms with Crippen LogP contribution in [-0.2, 0) is 6.54 Å². The predicted molar refractivity (Wildman–Crippen MR) is 83.1 cm³/mol. The molecule has 0 aliphatic rings. The number of nitrogens with zero attached hydrogens (tertiary/aromatic N) is 2. The summed E-state index contributed by atoms with van der Waals surface area (Å²) in [5, 5.41) is 12.4. The maximum atomic E-state index is 4.59. The van der Waals surface area contributed by atoms with Crippen molar-refractivity contribution in [1.29, 1.82) is 0 Å². The minimum absolute atomic E-state index is 0.350. The van der Waals surface area contributed by atoms with Gasteiger partial charge in [-0.2, -0.15) is 16.4 Å². The van der Waals surface area contributed by atoms with E-state index in [4.69, 9.17) is 0 Å². The van der Waals surface area contributed by atoms with E-state index in [9.17, 15) is 0 Å². The molecule has 0 radical (unpaired) electrons. The second-order valence-corrected chi connectivity index (χ2v) is 5.53. The highest BCUT2D eigenvalue weighted by Gasteiger charge is 2.06. The Morgan fingerprint density at radius 2 is 2.05 bits per heavy atom. The largest absolute Gasteiger partial charge is 0.304 e. The lowest BCUT2D eigenvalue weighted by molar-refractivity contribution is 0.566. The van der Waals surface area contributed by atoms with Crippen LogP contribution in [0.15, 0.2) is 59.4 Å². The van der Waals surface area contributed by atoms with Gasteiger partial charge in [-0.3, -0.25) is 0 Å². The summed E-state index contributed by atoms with van der Waals surface area (Å²) in [4.78, 5) is 0. The predicted octanol–water partition coefficient (Wildman–Crippen LogP) is 3.78. The topological polar surface area (TPSA) is 29.9 Å². The van der Waals surface area contributed by atoms with Gasteiger partial charge in [-0.15, -0.1) is 0 Å². The van der Waals surface area contributed by atoms with E-state index >= 15 is 0 Å². The van der Waals surface area contributed by atoms with Crippen molar-refractivity contribution in [2.75, 3.05) is 0 Å². The van der Waals surface area contributed by atoms with Crippen LogP contribution < -0.4 is 5.32 Å². The average molecular weight is 283 g/mol. The normalized spacial score (nSPS) is 12.4. The molecule has 0 saturated carbocycles. The number of hydrogen-bond donors (Lipinski definition) is 1. The first-order valence-corrected chi connectivity index (χ1v) is 7.62. The summed E-state index contributed by atoms with van der Waals surface area (Å²) >= 11 is 1.73. The molecule has 0 amide bonds. The Kier molecular flexibility index (Phi) is 3.95. The Hall–Kier alpha value is -1.91. The van der Waals surface area contributed by atoms with E-state index in [1.807, 2.05) is 29.1 Å². The van der Waals surface area contributed by atoms with Crippen LogP contribution >= 0.6 is 11.3 Å². The van der Waals surface area contributed by atoms with Crippen LogP contribution in [0, 0.1) is 0 Å². The van der Waals surface area contributed by atoms with Crippen LogP contribution in [-0.4, -0.2) is 9.78 Å². The third-order valence-electron chi connectivity index (χ3n) is 3.30. The fourth-order valence-electron chi connectivity index (χ4n) is 2.08. The smallest absolute Gasteiger partial charge is 0.0767 e. The quantitative estimate of drug-likeness (QED) is 0.772. The van der Waals surface area contributed by atoms with Gasteiger partial charge in [-0.1, -0.05) is 18.2 Å². The standard InChI is InChI=1S/C16H17N3S/c1-13(14-8-10-20-12-14)17-11-15-7-9-19(18-15)16-5-3-2-4-6-16/h2-10,12-13,17H,11H2,1H3. The number of para-hydroxylation sites is 1. The van der Waals surface area contributed by atoms with Gasteiger partial charge < -0.3 is 5.32 Å². The van der Waals surface area contributed by atoms with Crippen LogP contribution in [0.2, 0.25) is 0 Å². The first-order chi connectivity index (χ1) is 9.83. The summed E-state index contributed by atoms with van der Waals surface area (Å²) < 4.78 is 1.91. The maximum Gasteiger partial charge on any atom is 0.0767 e. The molecule has 3 nitrogen and oxygen atoms in total. The molecular weight excluding hydrogens is 266 g/mol. The molecule has 1 N–H and O–H groups in total. The Balaban J connectivity index is 1.63. The molecule has 0 aliphatic carbocycles. The number of aromatic nitrogens is 2. The molecule has 102 valence electrons. The molecule has 1 unspecified atom stereocenters. The van der Waals surface area contributed by atoms with E-state index in [1.165, 1.54) is 5.56 Å². The first kappa shape index (κ1) is 13.1. The van der Waals surface area contributed by atoms with Gasteiger partial charge in [-0.25, -0.2) is 4.68 Å². The molecule has 0 spiro atoms. The summed E-state index contributed by atoms with van der Waals surface area (Å²) in [6.07, 6.45) is 2.00. The zero-order valence-corrected chi connectivity index (χ0v) is 12.2. The Morgan fingerprint density at radius 1 is 1.20 bits per heavy atom. The summed E-state index contributed by atoms with van der Waals surface area (Å²) in [6.45, 7) is 2.95. The fraction of sp³-hybridized carbons (Fsp3) is 0.188. The van der Waals surface area contributed by atoms with Crippen molar-refractivity contribution in [1.82, 2.24) is 15.1 Å². The molecule has 4 heteroatoms. The van der Waals surface area contributed by atoms with Gasteiger partial charge in [0.2, 0.25) is 0 Å². The molecule has 1 aromatic carbocycles. The Bertz CT molecular complexity index is 643. The van der Waals surface area contributed by atoms with Crippen molar-refractivity contribution in [3.63, 3.8) is 0 Å². The van der Waals surface area contributed by atoms with Crippen molar-refractivity contribution >= 4 is 11.3 Å². The van der Waals surface area contributed by atoms with Gasteiger partial charge >= 0.3 is 0 Å². The Morgan fingerprint density at radius 3 is 2.80 bits per heavy atom. The lowest BCUT2D eigenvalue weighted by atomic mass is 10.2. The highest BCUT2D eigenvalue weighted by atomic mass is 32.1. The fourth-order valence-corrected chi connectivity index (χ4v) is 2.83. The van der Waals surface area contributed by atoms with Crippen molar-refractivity contribution in [2.24, 2.45) is 0 Å². The molecular formula is C16H17N3S. The second kappa shape index (κ2) is 6.03. The molecule has 3 rings (SSSR count). The molecule has 2 heterocycles. The molecule has 3 aromatic rings. The van der Waals surface area contributed by atoms with Crippen molar-refractivity contribution < 1.29 is 0 Å². The monoisotopic (exact) mass is 283 g/mol. The molecule has 2 aromatic heterocycles. The number of thiophene rings is 1. The van der Waals surface area contributed by atoms with Crippen molar-refractivity contribution in [2.45, 2.75) is 19.5 Å². The van der Waals surface area contributed by atoms with Crippen LogP contribution in [0.1, 0.15) is 24.2 Å². The number of benzene rings is 1. The van der Waals surface area contributed by atoms with E-state index in [1.54, 1.807) is 11.3 Å². The van der Waals surface area contributed by atoms with Crippen LogP contribution in [0.4, 0.5) is 0 Å². The van der Waals surface area contributed by atoms with Crippen molar-refractivity contribution in [3.05, 3.63) is 70.7 Å². The van der Waals surface area contributed by atoms with Crippen LogP contribution in [0.5, 0.6) is 0 Å². The summed E-state index contributed by atoms with van der Waals surface area (Å²) in [5.74, 6) is 0. The molecule has 0 bridgehead atoms. The third kappa shape index (κ3) is 2.98. The molecule has 0 aliphatic heterocycles. The van der Waals surface area contributed by atoms with Gasteiger partial charge in [0.1, 0.15) is 0 Å². The van der Waals surface area contributed by atoms with Gasteiger partial charge in [-0.05, 0) is 47.5 Å². The van der Waals surface area contributed by atoms with Gasteiger partial charge in [0.05, 0.1) is 11.4 Å². The zero-order chi connectivity index (χ0) is 13.8. The summed E-state index contributed by atoms with van der Waals surface area (Å²) in [7, 11) is 0. The van der Waals surface area contributed by atoms with Gasteiger partial charge in [0, 0.05) is 18.8 Å². The zero-order valence-electron chi connectivity index (χ0n) is 11.4. The van der Waals surface area contributed by atoms with Crippen LogP contribution in [0.3, 0.4) is 0 Å². The number of hydrogen-bond acceptors (Lipinski definition) is 3. The van der Waals surface area contributed by atoms with E-state index in [0.717, 1.165) is 17.9 Å². The van der Waals surface area contributed by atoms with Crippen LogP contribution in [0.25, 0.3) is 5.69 Å².